The molecule has 4 aliphatic carbocycles. The smallest absolute Gasteiger partial charge is 0.0323 e. The summed E-state index contributed by atoms with van der Waals surface area (Å²) in [6, 6.07) is 0. The Hall–Kier alpha value is 0. The van der Waals surface area contributed by atoms with Crippen molar-refractivity contribution in [2.75, 3.05) is 0 Å². The van der Waals surface area contributed by atoms with Crippen molar-refractivity contribution >= 4 is 0 Å². The van der Waals surface area contributed by atoms with Crippen LogP contribution in [-0.4, -0.2) is 0 Å². The Bertz CT molecular complexity index is 176. The summed E-state index contributed by atoms with van der Waals surface area (Å²) in [6.45, 7) is 0. The van der Waals surface area contributed by atoms with Crippen molar-refractivity contribution in [3.8, 4) is 0 Å². The van der Waals surface area contributed by atoms with Gasteiger partial charge in [-0.25, -0.2) is 0 Å². The van der Waals surface area contributed by atoms with Crippen LogP contribution in [0, 0.1) is 35.5 Å². The molecule has 0 amide bonds. The molecule has 6 atom stereocenters. The van der Waals surface area contributed by atoms with E-state index in [1.54, 1.807) is 38.5 Å². The second-order valence-corrected chi connectivity index (χ2v) is 5.82. The van der Waals surface area contributed by atoms with Crippen LogP contribution in [0.3, 0.4) is 0 Å². The Kier molecular flexibility index (Phi) is 1.03. The fourth-order valence-electron chi connectivity index (χ4n) is 5.53. The van der Waals surface area contributed by atoms with E-state index in [9.17, 15) is 0 Å². The van der Waals surface area contributed by atoms with Gasteiger partial charge in [-0.05, 0) is 74.0 Å². The Morgan fingerprint density at radius 1 is 0.500 bits per heavy atom. The third-order valence-electron chi connectivity index (χ3n) is 5.65. The first-order valence-electron chi connectivity index (χ1n) is 5.93. The van der Waals surface area contributed by atoms with Gasteiger partial charge in [0.2, 0.25) is 0 Å². The van der Waals surface area contributed by atoms with E-state index in [-0.39, 0.29) is 0 Å². The van der Waals surface area contributed by atoms with Crippen LogP contribution in [0.4, 0.5) is 0 Å². The third kappa shape index (κ3) is 0.561. The van der Waals surface area contributed by atoms with Crippen LogP contribution in [0.15, 0.2) is 0 Å². The molecule has 0 saturated heterocycles. The molecule has 0 aromatic heterocycles. The second-order valence-electron chi connectivity index (χ2n) is 5.82. The molecule has 0 radical (unpaired) electrons. The predicted molar refractivity (Wildman–Crippen MR) is 48.6 cm³/mol. The lowest BCUT2D eigenvalue weighted by Crippen LogP contribution is -2.27. The molecule has 0 heterocycles. The molecule has 0 aromatic rings. The molecule has 4 saturated carbocycles. The van der Waals surface area contributed by atoms with Gasteiger partial charge in [-0.15, -0.1) is 0 Å². The Labute approximate surface area is 74.7 Å². The van der Waals surface area contributed by atoms with Gasteiger partial charge in [-0.1, -0.05) is 0 Å². The van der Waals surface area contributed by atoms with Gasteiger partial charge in [0.1, 0.15) is 0 Å². The molecular weight excluding hydrogens is 144 g/mol. The Morgan fingerprint density at radius 2 is 0.833 bits per heavy atom. The molecule has 4 bridgehead atoms. The van der Waals surface area contributed by atoms with Crippen LogP contribution in [0.25, 0.3) is 0 Å². The first-order valence-corrected chi connectivity index (χ1v) is 5.93. The van der Waals surface area contributed by atoms with Gasteiger partial charge in [0.15, 0.2) is 0 Å². The number of hydrogen-bond donors (Lipinski definition) is 0. The van der Waals surface area contributed by atoms with Crippen molar-refractivity contribution in [1.82, 2.24) is 0 Å². The fourth-order valence-corrected chi connectivity index (χ4v) is 5.53. The van der Waals surface area contributed by atoms with E-state index in [0.717, 1.165) is 0 Å². The summed E-state index contributed by atoms with van der Waals surface area (Å²) in [4.78, 5) is 0. The Balaban J connectivity index is 1.77. The standard InChI is InChI=1S/C12H18/c1-2-8-5-7(1)11-9-3-4-10(6-9)12(8)11/h7-12H,1-6H2/t7-,8?,9?,10?,11?,12?/m0/s1. The normalized spacial score (nSPS) is 66.0. The van der Waals surface area contributed by atoms with Crippen LogP contribution >= 0.6 is 0 Å². The van der Waals surface area contributed by atoms with E-state index in [2.05, 4.69) is 0 Å². The van der Waals surface area contributed by atoms with Gasteiger partial charge in [0, 0.05) is 0 Å². The molecule has 4 aliphatic rings. The van der Waals surface area contributed by atoms with Crippen LogP contribution in [0.5, 0.6) is 0 Å². The van der Waals surface area contributed by atoms with E-state index in [1.165, 1.54) is 35.5 Å². The molecule has 0 spiro atoms. The van der Waals surface area contributed by atoms with Crippen LogP contribution < -0.4 is 0 Å². The molecular formula is C12H18. The van der Waals surface area contributed by atoms with Crippen molar-refractivity contribution in [2.45, 2.75) is 38.5 Å². The highest BCUT2D eigenvalue weighted by atomic mass is 14.6. The summed E-state index contributed by atoms with van der Waals surface area (Å²) in [5, 5.41) is 0. The first kappa shape index (κ1) is 6.45. The third-order valence-corrected chi connectivity index (χ3v) is 5.65. The second kappa shape index (κ2) is 1.91. The molecule has 66 valence electrons. The summed E-state index contributed by atoms with van der Waals surface area (Å²) in [6.07, 6.45) is 9.71. The van der Waals surface area contributed by atoms with Crippen molar-refractivity contribution in [2.24, 2.45) is 35.5 Å². The molecule has 12 heavy (non-hydrogen) atoms. The maximum atomic E-state index is 1.64. The summed E-state index contributed by atoms with van der Waals surface area (Å²) in [5.41, 5.74) is 0. The number of rotatable bonds is 0. The molecule has 0 aromatic carbocycles. The van der Waals surface area contributed by atoms with E-state index >= 15 is 0 Å². The van der Waals surface area contributed by atoms with Crippen molar-refractivity contribution in [3.05, 3.63) is 0 Å². The van der Waals surface area contributed by atoms with E-state index in [1.807, 2.05) is 0 Å². The quantitative estimate of drug-likeness (QED) is 0.480. The van der Waals surface area contributed by atoms with Crippen molar-refractivity contribution in [3.63, 3.8) is 0 Å². The Morgan fingerprint density at radius 3 is 1.17 bits per heavy atom. The lowest BCUT2D eigenvalue weighted by molar-refractivity contribution is 0.146. The number of hydrogen-bond acceptors (Lipinski definition) is 0. The highest BCUT2D eigenvalue weighted by Gasteiger charge is 2.59. The molecule has 0 N–H and O–H groups in total. The number of fused-ring (bicyclic) bond motifs is 9. The van der Waals surface area contributed by atoms with Gasteiger partial charge in [0.05, 0.1) is 0 Å². The van der Waals surface area contributed by atoms with Gasteiger partial charge in [-0.2, -0.15) is 0 Å². The van der Waals surface area contributed by atoms with Crippen molar-refractivity contribution < 1.29 is 0 Å². The zero-order valence-corrected chi connectivity index (χ0v) is 7.71. The average Bonchev–Trinajstić information content (AvgIpc) is 2.83. The molecule has 4 rings (SSSR count). The fraction of sp³-hybridized carbons (Fsp3) is 1.00. The van der Waals surface area contributed by atoms with Gasteiger partial charge in [-0.3, -0.25) is 0 Å². The van der Waals surface area contributed by atoms with Crippen LogP contribution in [-0.2, 0) is 0 Å². The van der Waals surface area contributed by atoms with E-state index in [0.29, 0.717) is 0 Å². The van der Waals surface area contributed by atoms with Crippen LogP contribution in [0.1, 0.15) is 38.5 Å². The van der Waals surface area contributed by atoms with Crippen molar-refractivity contribution in [1.29, 1.82) is 0 Å². The van der Waals surface area contributed by atoms with E-state index in [4.69, 9.17) is 0 Å². The minimum atomic E-state index is 1.20. The molecule has 0 nitrogen and oxygen atoms in total. The SMILES string of the molecule is C1CC2CC1C1C3CC[C@@H](C3)C21. The van der Waals surface area contributed by atoms with Gasteiger partial charge >= 0.3 is 0 Å². The zero-order chi connectivity index (χ0) is 7.71. The summed E-state index contributed by atoms with van der Waals surface area (Å²) in [7, 11) is 0. The van der Waals surface area contributed by atoms with Gasteiger partial charge < -0.3 is 0 Å². The minimum absolute atomic E-state index is 1.20. The average molecular weight is 162 g/mol. The monoisotopic (exact) mass is 162 g/mol. The topological polar surface area (TPSA) is 0 Å². The maximum Gasteiger partial charge on any atom is -0.0323 e. The lowest BCUT2D eigenvalue weighted by atomic mass is 9.71. The van der Waals surface area contributed by atoms with E-state index < -0.39 is 0 Å². The molecule has 0 heteroatoms. The summed E-state index contributed by atoms with van der Waals surface area (Å²) < 4.78 is 0. The summed E-state index contributed by atoms with van der Waals surface area (Å²) >= 11 is 0. The lowest BCUT2D eigenvalue weighted by Gasteiger charge is -2.34. The van der Waals surface area contributed by atoms with Crippen LogP contribution in [0.2, 0.25) is 0 Å². The largest absolute Gasteiger partial charge is 0.0499 e. The predicted octanol–water partition coefficient (Wildman–Crippen LogP) is 3.08. The minimum Gasteiger partial charge on any atom is -0.0499 e. The zero-order valence-electron chi connectivity index (χ0n) is 7.71. The molecule has 4 fully saturated rings. The highest BCUT2D eigenvalue weighted by Crippen LogP contribution is 2.67. The summed E-state index contributed by atoms with van der Waals surface area (Å²) in [5.74, 6) is 7.29. The molecule has 0 aliphatic heterocycles. The highest BCUT2D eigenvalue weighted by molar-refractivity contribution is 5.08. The first-order chi connectivity index (χ1) is 5.93. The molecule has 5 unspecified atom stereocenters. The maximum absolute atomic E-state index is 1.64. The van der Waals surface area contributed by atoms with Gasteiger partial charge in [0.25, 0.3) is 0 Å².